The number of carboxylic acids is 1. The Bertz CT molecular complexity index is 380. The Labute approximate surface area is 160 Å². The van der Waals surface area contributed by atoms with Crippen LogP contribution in [-0.4, -0.2) is 17.0 Å². The van der Waals surface area contributed by atoms with Crippen molar-refractivity contribution in [3.63, 3.8) is 0 Å². The van der Waals surface area contributed by atoms with E-state index in [0.29, 0.717) is 6.42 Å². The Morgan fingerprint density at radius 3 is 1.73 bits per heavy atom. The van der Waals surface area contributed by atoms with E-state index in [2.05, 4.69) is 19.1 Å². The lowest BCUT2D eigenvalue weighted by molar-refractivity contribution is -0.144. The normalized spacial score (nSPS) is 12.5. The average Bonchev–Trinajstić information content (AvgIpc) is 2.59. The van der Waals surface area contributed by atoms with E-state index < -0.39 is 17.8 Å². The highest BCUT2D eigenvalue weighted by Gasteiger charge is 2.18. The van der Waals surface area contributed by atoms with Crippen LogP contribution in [0.4, 0.5) is 0 Å². The van der Waals surface area contributed by atoms with Crippen molar-refractivity contribution in [2.45, 2.75) is 110 Å². The van der Waals surface area contributed by atoms with Gasteiger partial charge in [-0.3, -0.25) is 9.59 Å². The number of carbonyl (C=O) groups excluding carboxylic acids is 1. The number of amides is 1. The number of nitrogens with two attached hydrogens (primary N) is 1. The molecular weight excluding hydrogens is 326 g/mol. The van der Waals surface area contributed by atoms with Crippen LogP contribution in [0, 0.1) is 5.92 Å². The quantitative estimate of drug-likeness (QED) is 0.217. The molecule has 0 rings (SSSR count). The first-order valence-corrected chi connectivity index (χ1v) is 10.7. The Balaban J connectivity index is 3.38. The molecule has 0 spiro atoms. The minimum absolute atomic E-state index is 0.0517. The fourth-order valence-corrected chi connectivity index (χ4v) is 3.19. The summed E-state index contributed by atoms with van der Waals surface area (Å²) < 4.78 is 0. The smallest absolute Gasteiger partial charge is 0.307 e. The maximum atomic E-state index is 11.0. The lowest BCUT2D eigenvalue weighted by Gasteiger charge is -2.09. The van der Waals surface area contributed by atoms with Gasteiger partial charge in [0.05, 0.1) is 5.92 Å². The van der Waals surface area contributed by atoms with E-state index in [9.17, 15) is 9.59 Å². The molecule has 26 heavy (non-hydrogen) atoms. The topological polar surface area (TPSA) is 80.4 Å². The minimum Gasteiger partial charge on any atom is -0.481 e. The van der Waals surface area contributed by atoms with Crippen LogP contribution in [0.2, 0.25) is 0 Å². The van der Waals surface area contributed by atoms with Crippen molar-refractivity contribution in [2.75, 3.05) is 0 Å². The summed E-state index contributed by atoms with van der Waals surface area (Å²) in [6.07, 6.45) is 22.5. The highest BCUT2D eigenvalue weighted by molar-refractivity contribution is 5.80. The molecule has 1 amide bonds. The molecule has 0 aromatic heterocycles. The van der Waals surface area contributed by atoms with Crippen LogP contribution in [0.5, 0.6) is 0 Å². The number of carboxylic acid groups (broad SMARTS) is 1. The van der Waals surface area contributed by atoms with Gasteiger partial charge in [-0.25, -0.2) is 0 Å². The second-order valence-corrected chi connectivity index (χ2v) is 7.43. The molecule has 0 heterocycles. The van der Waals surface area contributed by atoms with Gasteiger partial charge in [-0.15, -0.1) is 0 Å². The second-order valence-electron chi connectivity index (χ2n) is 7.43. The molecule has 1 atom stereocenters. The molecule has 152 valence electrons. The van der Waals surface area contributed by atoms with E-state index in [1.54, 1.807) is 0 Å². The van der Waals surface area contributed by atoms with Crippen LogP contribution in [0.1, 0.15) is 110 Å². The Kier molecular flexibility index (Phi) is 17.5. The monoisotopic (exact) mass is 367 g/mol. The van der Waals surface area contributed by atoms with Crippen molar-refractivity contribution in [2.24, 2.45) is 11.7 Å². The molecule has 0 saturated heterocycles. The first-order chi connectivity index (χ1) is 12.6. The molecule has 0 saturated carbocycles. The number of rotatable bonds is 19. The molecule has 0 aliphatic heterocycles. The van der Waals surface area contributed by atoms with Gasteiger partial charge in [0.2, 0.25) is 5.91 Å². The molecule has 1 unspecified atom stereocenters. The SMILES string of the molecule is CCCCCCCCCCCCC=CCCCCC(CC(N)=O)C(=O)O. The van der Waals surface area contributed by atoms with Gasteiger partial charge in [-0.2, -0.15) is 0 Å². The Morgan fingerprint density at radius 1 is 0.808 bits per heavy atom. The Morgan fingerprint density at radius 2 is 1.27 bits per heavy atom. The molecular formula is C22H41NO3. The van der Waals surface area contributed by atoms with E-state index in [4.69, 9.17) is 10.8 Å². The number of aliphatic carboxylic acids is 1. The van der Waals surface area contributed by atoms with Gasteiger partial charge in [0, 0.05) is 6.42 Å². The van der Waals surface area contributed by atoms with Gasteiger partial charge in [0.1, 0.15) is 0 Å². The van der Waals surface area contributed by atoms with Crippen molar-refractivity contribution in [3.8, 4) is 0 Å². The fraction of sp³-hybridized carbons (Fsp3) is 0.818. The van der Waals surface area contributed by atoms with Crippen LogP contribution in [-0.2, 0) is 9.59 Å². The third-order valence-corrected chi connectivity index (χ3v) is 4.86. The van der Waals surface area contributed by atoms with Gasteiger partial charge in [-0.1, -0.05) is 83.3 Å². The maximum Gasteiger partial charge on any atom is 0.307 e. The molecule has 0 aliphatic rings. The van der Waals surface area contributed by atoms with Crippen LogP contribution in [0.25, 0.3) is 0 Å². The van der Waals surface area contributed by atoms with E-state index in [-0.39, 0.29) is 6.42 Å². The van der Waals surface area contributed by atoms with Crippen molar-refractivity contribution >= 4 is 11.9 Å². The van der Waals surface area contributed by atoms with E-state index in [1.165, 1.54) is 64.2 Å². The molecule has 3 N–H and O–H groups in total. The summed E-state index contributed by atoms with van der Waals surface area (Å²) in [4.78, 5) is 21.8. The molecule has 0 bridgehead atoms. The molecule has 0 fully saturated rings. The predicted molar refractivity (Wildman–Crippen MR) is 109 cm³/mol. The van der Waals surface area contributed by atoms with Gasteiger partial charge in [0.15, 0.2) is 0 Å². The number of allylic oxidation sites excluding steroid dienone is 2. The van der Waals surface area contributed by atoms with Gasteiger partial charge >= 0.3 is 5.97 Å². The van der Waals surface area contributed by atoms with Crippen molar-refractivity contribution in [1.82, 2.24) is 0 Å². The first-order valence-electron chi connectivity index (χ1n) is 10.7. The Hall–Kier alpha value is -1.32. The molecule has 4 nitrogen and oxygen atoms in total. The summed E-state index contributed by atoms with van der Waals surface area (Å²) in [7, 11) is 0. The van der Waals surface area contributed by atoms with Crippen molar-refractivity contribution < 1.29 is 14.7 Å². The van der Waals surface area contributed by atoms with Crippen LogP contribution >= 0.6 is 0 Å². The minimum atomic E-state index is -0.916. The number of unbranched alkanes of at least 4 members (excludes halogenated alkanes) is 12. The van der Waals surface area contributed by atoms with Gasteiger partial charge in [-0.05, 0) is 32.1 Å². The standard InChI is InChI=1S/C22H41NO3/c1-2-3-4-5-6-7-8-9-10-11-12-13-14-15-16-17-18-20(22(25)26)19-21(23)24/h13-14,20H,2-12,15-19H2,1H3,(H2,23,24)(H,25,26). The van der Waals surface area contributed by atoms with Crippen LogP contribution < -0.4 is 5.73 Å². The summed E-state index contributed by atoms with van der Waals surface area (Å²) >= 11 is 0. The van der Waals surface area contributed by atoms with Crippen molar-refractivity contribution in [1.29, 1.82) is 0 Å². The molecule has 0 radical (unpaired) electrons. The zero-order chi connectivity index (χ0) is 19.5. The first kappa shape index (κ1) is 24.7. The summed E-state index contributed by atoms with van der Waals surface area (Å²) in [5, 5.41) is 9.03. The fourth-order valence-electron chi connectivity index (χ4n) is 3.19. The zero-order valence-corrected chi connectivity index (χ0v) is 16.9. The zero-order valence-electron chi connectivity index (χ0n) is 16.9. The highest BCUT2D eigenvalue weighted by atomic mass is 16.4. The lowest BCUT2D eigenvalue weighted by atomic mass is 9.97. The average molecular weight is 368 g/mol. The molecule has 0 aromatic carbocycles. The summed E-state index contributed by atoms with van der Waals surface area (Å²) in [6.45, 7) is 2.26. The van der Waals surface area contributed by atoms with Crippen LogP contribution in [0.3, 0.4) is 0 Å². The number of hydrogen-bond acceptors (Lipinski definition) is 2. The largest absolute Gasteiger partial charge is 0.481 e. The third kappa shape index (κ3) is 17.5. The maximum absolute atomic E-state index is 11.0. The summed E-state index contributed by atoms with van der Waals surface area (Å²) in [5.41, 5.74) is 5.08. The van der Waals surface area contributed by atoms with Gasteiger partial charge in [0.25, 0.3) is 0 Å². The highest BCUT2D eigenvalue weighted by Crippen LogP contribution is 2.15. The van der Waals surface area contributed by atoms with E-state index in [1.807, 2.05) is 0 Å². The third-order valence-electron chi connectivity index (χ3n) is 4.86. The van der Waals surface area contributed by atoms with E-state index >= 15 is 0 Å². The lowest BCUT2D eigenvalue weighted by Crippen LogP contribution is -2.22. The van der Waals surface area contributed by atoms with Crippen molar-refractivity contribution in [3.05, 3.63) is 12.2 Å². The molecule has 4 heteroatoms. The number of carbonyl (C=O) groups is 2. The molecule has 0 aliphatic carbocycles. The van der Waals surface area contributed by atoms with E-state index in [0.717, 1.165) is 25.7 Å². The number of primary amides is 1. The van der Waals surface area contributed by atoms with Gasteiger partial charge < -0.3 is 10.8 Å². The second kappa shape index (κ2) is 18.5. The predicted octanol–water partition coefficient (Wildman–Crippen LogP) is 5.99. The molecule has 0 aromatic rings. The van der Waals surface area contributed by atoms with Crippen LogP contribution in [0.15, 0.2) is 12.2 Å². The number of hydrogen-bond donors (Lipinski definition) is 2. The summed E-state index contributed by atoms with van der Waals surface area (Å²) in [5.74, 6) is -2.07. The summed E-state index contributed by atoms with van der Waals surface area (Å²) in [6, 6.07) is 0.